The number of carbonyl (C=O) groups is 2. The van der Waals surface area contributed by atoms with Crippen LogP contribution in [0.3, 0.4) is 0 Å². The summed E-state index contributed by atoms with van der Waals surface area (Å²) in [5, 5.41) is 6.20. The van der Waals surface area contributed by atoms with Gasteiger partial charge in [-0.2, -0.15) is 4.72 Å². The topological polar surface area (TPSA) is 128 Å². The Morgan fingerprint density at radius 2 is 1.89 bits per heavy atom. The molecule has 1 aromatic carbocycles. The minimum Gasteiger partial charge on any atom is -0.452 e. The van der Waals surface area contributed by atoms with E-state index in [2.05, 4.69) is 15.2 Å². The summed E-state index contributed by atoms with van der Waals surface area (Å²) in [6.07, 6.45) is -1.07. The predicted octanol–water partition coefficient (Wildman–Crippen LogP) is 0.818. The molecule has 2 aromatic rings. The van der Waals surface area contributed by atoms with Gasteiger partial charge < -0.3 is 14.6 Å². The second kappa shape index (κ2) is 8.78. The van der Waals surface area contributed by atoms with E-state index >= 15 is 0 Å². The number of hydrogen-bond acceptors (Lipinski definition) is 7. The number of ether oxygens (including phenoxy) is 1. The van der Waals surface area contributed by atoms with Crippen LogP contribution in [-0.4, -0.2) is 38.1 Å². The number of nitrogens with zero attached hydrogens (tertiary/aromatic N) is 1. The quantitative estimate of drug-likeness (QED) is 0.633. The smallest absolute Gasteiger partial charge is 0.321 e. The average molecular weight is 395 g/mol. The van der Waals surface area contributed by atoms with Gasteiger partial charge in [0.15, 0.2) is 11.9 Å². The molecule has 1 amide bonds. The van der Waals surface area contributed by atoms with E-state index in [0.717, 1.165) is 5.56 Å². The number of benzene rings is 1. The molecule has 27 heavy (non-hydrogen) atoms. The van der Waals surface area contributed by atoms with E-state index in [0.29, 0.717) is 6.54 Å². The Kier molecular flexibility index (Phi) is 6.70. The number of aromatic nitrogens is 1. The van der Waals surface area contributed by atoms with Gasteiger partial charge in [-0.1, -0.05) is 35.5 Å². The van der Waals surface area contributed by atoms with Gasteiger partial charge in [0, 0.05) is 6.54 Å². The molecule has 0 spiro atoms. The molecule has 0 radical (unpaired) electrons. The van der Waals surface area contributed by atoms with Crippen molar-refractivity contribution in [2.24, 2.45) is 0 Å². The van der Waals surface area contributed by atoms with Gasteiger partial charge in [0.25, 0.3) is 5.91 Å². The first-order valence-corrected chi connectivity index (χ1v) is 9.62. The lowest BCUT2D eigenvalue weighted by atomic mass is 10.2. The fraction of sp³-hybridized carbons (Fsp3) is 0.353. The van der Waals surface area contributed by atoms with E-state index in [1.54, 1.807) is 0 Å². The molecular weight excluding hydrogens is 374 g/mol. The zero-order valence-electron chi connectivity index (χ0n) is 15.2. The van der Waals surface area contributed by atoms with E-state index in [-0.39, 0.29) is 16.3 Å². The fourth-order valence-electron chi connectivity index (χ4n) is 2.31. The molecule has 0 bridgehead atoms. The molecule has 2 rings (SSSR count). The highest BCUT2D eigenvalue weighted by Crippen LogP contribution is 2.18. The minimum atomic E-state index is -3.98. The maximum Gasteiger partial charge on any atom is 0.321 e. The molecule has 10 heteroatoms. The van der Waals surface area contributed by atoms with Crippen LogP contribution in [0.15, 0.2) is 39.8 Å². The maximum absolute atomic E-state index is 12.2. The first-order chi connectivity index (χ1) is 12.7. The summed E-state index contributed by atoms with van der Waals surface area (Å²) in [7, 11) is -3.98. The molecule has 0 aliphatic heterocycles. The molecule has 2 N–H and O–H groups in total. The van der Waals surface area contributed by atoms with E-state index in [1.807, 2.05) is 30.3 Å². The Morgan fingerprint density at radius 1 is 1.22 bits per heavy atom. The van der Waals surface area contributed by atoms with Gasteiger partial charge in [-0.3, -0.25) is 9.59 Å². The monoisotopic (exact) mass is 395 g/mol. The molecule has 0 aliphatic rings. The maximum atomic E-state index is 12.2. The molecule has 9 nitrogen and oxygen atoms in total. The van der Waals surface area contributed by atoms with E-state index in [9.17, 15) is 18.0 Å². The SMILES string of the molecule is Cc1noc(C)c1S(=O)(=O)NCC(=O)O[C@@H](C)C(=O)NCc1ccccc1. The second-order valence-electron chi connectivity index (χ2n) is 5.81. The van der Waals surface area contributed by atoms with Crippen molar-refractivity contribution in [1.29, 1.82) is 0 Å². The van der Waals surface area contributed by atoms with Crippen molar-refractivity contribution in [3.05, 3.63) is 47.3 Å². The largest absolute Gasteiger partial charge is 0.452 e. The molecule has 0 saturated heterocycles. The Morgan fingerprint density at radius 3 is 2.48 bits per heavy atom. The van der Waals surface area contributed by atoms with E-state index in [4.69, 9.17) is 9.26 Å². The molecule has 146 valence electrons. The van der Waals surface area contributed by atoms with Crippen LogP contribution in [0.1, 0.15) is 23.9 Å². The molecule has 1 atom stereocenters. The van der Waals surface area contributed by atoms with Gasteiger partial charge in [-0.05, 0) is 26.3 Å². The van der Waals surface area contributed by atoms with E-state index < -0.39 is 34.5 Å². The molecule has 1 heterocycles. The number of hydrogen-bond donors (Lipinski definition) is 2. The Bertz CT molecular complexity index is 889. The van der Waals surface area contributed by atoms with E-state index in [1.165, 1.54) is 20.8 Å². The zero-order chi connectivity index (χ0) is 20.0. The van der Waals surface area contributed by atoms with Crippen LogP contribution in [0.25, 0.3) is 0 Å². The zero-order valence-corrected chi connectivity index (χ0v) is 16.0. The number of carbonyl (C=O) groups excluding carboxylic acids is 2. The van der Waals surface area contributed by atoms with Gasteiger partial charge >= 0.3 is 5.97 Å². The first kappa shape index (κ1) is 20.6. The number of amides is 1. The lowest BCUT2D eigenvalue weighted by Crippen LogP contribution is -2.38. The van der Waals surface area contributed by atoms with Crippen molar-refractivity contribution in [2.75, 3.05) is 6.54 Å². The normalized spacial score (nSPS) is 12.4. The molecule has 0 saturated carbocycles. The summed E-state index contributed by atoms with van der Waals surface area (Å²) in [5.74, 6) is -1.25. The van der Waals surface area contributed by atoms with Crippen LogP contribution in [0.4, 0.5) is 0 Å². The molecule has 0 unspecified atom stereocenters. The summed E-state index contributed by atoms with van der Waals surface area (Å²) in [4.78, 5) is 23.7. The summed E-state index contributed by atoms with van der Waals surface area (Å²) in [6, 6.07) is 9.24. The molecule has 0 fully saturated rings. The Hall–Kier alpha value is -2.72. The highest BCUT2D eigenvalue weighted by molar-refractivity contribution is 7.89. The Labute approximate surface area is 157 Å². The number of rotatable bonds is 8. The fourth-order valence-corrected chi connectivity index (χ4v) is 3.60. The second-order valence-corrected chi connectivity index (χ2v) is 7.52. The average Bonchev–Trinajstić information content (AvgIpc) is 2.98. The summed E-state index contributed by atoms with van der Waals surface area (Å²) >= 11 is 0. The first-order valence-electron chi connectivity index (χ1n) is 8.14. The summed E-state index contributed by atoms with van der Waals surface area (Å²) in [6.45, 7) is 4.00. The predicted molar refractivity (Wildman–Crippen MR) is 95.0 cm³/mol. The highest BCUT2D eigenvalue weighted by Gasteiger charge is 2.25. The highest BCUT2D eigenvalue weighted by atomic mass is 32.2. The lowest BCUT2D eigenvalue weighted by Gasteiger charge is -2.14. The van der Waals surface area contributed by atoms with Gasteiger partial charge in [0.2, 0.25) is 10.0 Å². The van der Waals surface area contributed by atoms with Crippen molar-refractivity contribution < 1.29 is 27.3 Å². The van der Waals surface area contributed by atoms with Gasteiger partial charge in [0.1, 0.15) is 17.1 Å². The number of sulfonamides is 1. The van der Waals surface area contributed by atoms with Gasteiger partial charge in [-0.25, -0.2) is 8.42 Å². The molecule has 0 aliphatic carbocycles. The van der Waals surface area contributed by atoms with Crippen LogP contribution in [-0.2, 0) is 30.9 Å². The van der Waals surface area contributed by atoms with Gasteiger partial charge in [-0.15, -0.1) is 0 Å². The lowest BCUT2D eigenvalue weighted by molar-refractivity contribution is -0.153. The summed E-state index contributed by atoms with van der Waals surface area (Å²) in [5.41, 5.74) is 1.08. The van der Waals surface area contributed by atoms with Crippen molar-refractivity contribution in [3.8, 4) is 0 Å². The molecule has 1 aromatic heterocycles. The minimum absolute atomic E-state index is 0.113. The number of esters is 1. The van der Waals surface area contributed by atoms with Crippen molar-refractivity contribution >= 4 is 21.9 Å². The third kappa shape index (κ3) is 5.63. The third-order valence-electron chi connectivity index (χ3n) is 3.63. The van der Waals surface area contributed by atoms with Crippen LogP contribution < -0.4 is 10.0 Å². The van der Waals surface area contributed by atoms with Gasteiger partial charge in [0.05, 0.1) is 0 Å². The van der Waals surface area contributed by atoms with Crippen molar-refractivity contribution in [2.45, 2.75) is 38.3 Å². The third-order valence-corrected chi connectivity index (χ3v) is 5.27. The molecular formula is C17H21N3O6S. The van der Waals surface area contributed by atoms with Crippen LogP contribution >= 0.6 is 0 Å². The Balaban J connectivity index is 1.83. The standard InChI is InChI=1S/C17H21N3O6S/c1-11-16(12(2)26-20-11)27(23,24)19-10-15(21)25-13(3)17(22)18-9-14-7-5-4-6-8-14/h4-8,13,19H,9-10H2,1-3H3,(H,18,22)/t13-/m0/s1. The van der Waals surface area contributed by atoms with Crippen molar-refractivity contribution in [1.82, 2.24) is 15.2 Å². The van der Waals surface area contributed by atoms with Crippen LogP contribution in [0.2, 0.25) is 0 Å². The van der Waals surface area contributed by atoms with Crippen LogP contribution in [0, 0.1) is 13.8 Å². The van der Waals surface area contributed by atoms with Crippen molar-refractivity contribution in [3.63, 3.8) is 0 Å². The number of nitrogens with one attached hydrogen (secondary N) is 2. The number of aryl methyl sites for hydroxylation is 2. The van der Waals surface area contributed by atoms with Crippen LogP contribution in [0.5, 0.6) is 0 Å². The summed E-state index contributed by atoms with van der Waals surface area (Å²) < 4.78 is 36.3.